The van der Waals surface area contributed by atoms with Crippen LogP contribution >= 0.6 is 0 Å². The number of carbonyl (C=O) groups excluding carboxylic acids is 1. The van der Waals surface area contributed by atoms with Crippen LogP contribution in [0.3, 0.4) is 0 Å². The van der Waals surface area contributed by atoms with Gasteiger partial charge in [-0.25, -0.2) is 4.79 Å². The van der Waals surface area contributed by atoms with Crippen molar-refractivity contribution in [3.05, 3.63) is 0 Å². The highest BCUT2D eigenvalue weighted by molar-refractivity contribution is 5.81. The van der Waals surface area contributed by atoms with E-state index in [0.717, 1.165) is 25.9 Å². The van der Waals surface area contributed by atoms with Crippen molar-refractivity contribution in [2.45, 2.75) is 25.8 Å². The van der Waals surface area contributed by atoms with Crippen LogP contribution in [-0.4, -0.2) is 54.3 Å². The molecule has 0 spiro atoms. The number of alkyl carbamates (subject to hydrolysis) is 1. The molecule has 0 radical (unpaired) electrons. The highest BCUT2D eigenvalue weighted by atomic mass is 16.5. The van der Waals surface area contributed by atoms with Gasteiger partial charge in [0.2, 0.25) is 0 Å². The molecule has 1 aliphatic rings. The van der Waals surface area contributed by atoms with Gasteiger partial charge in [0.25, 0.3) is 0 Å². The number of amidine groups is 1. The number of likely N-dealkylation sites (tertiary alicyclic amines) is 1. The first-order chi connectivity index (χ1) is 8.15. The summed E-state index contributed by atoms with van der Waals surface area (Å²) < 4.78 is 4.82. The fourth-order valence-corrected chi connectivity index (χ4v) is 1.84. The van der Waals surface area contributed by atoms with Crippen LogP contribution in [0.2, 0.25) is 0 Å². The number of nitrogens with one attached hydrogen (secondary N) is 1. The molecule has 1 aliphatic heterocycles. The SMILES string of the molecule is CCOC(=O)NC1CCN(C/C(N)=N/O)CC1. The van der Waals surface area contributed by atoms with Gasteiger partial charge in [0, 0.05) is 19.1 Å². The summed E-state index contributed by atoms with van der Waals surface area (Å²) in [6.07, 6.45) is 1.33. The predicted molar refractivity (Wildman–Crippen MR) is 63.0 cm³/mol. The molecule has 0 atom stereocenters. The second-order valence-electron chi connectivity index (χ2n) is 4.01. The summed E-state index contributed by atoms with van der Waals surface area (Å²) in [5.41, 5.74) is 5.43. The van der Waals surface area contributed by atoms with E-state index in [1.54, 1.807) is 6.92 Å². The Morgan fingerprint density at radius 2 is 2.24 bits per heavy atom. The van der Waals surface area contributed by atoms with E-state index in [2.05, 4.69) is 15.4 Å². The second kappa shape index (κ2) is 6.95. The Labute approximate surface area is 101 Å². The third kappa shape index (κ3) is 4.90. The number of hydrogen-bond donors (Lipinski definition) is 3. The maximum Gasteiger partial charge on any atom is 0.407 e. The van der Waals surface area contributed by atoms with E-state index in [-0.39, 0.29) is 18.0 Å². The quantitative estimate of drug-likeness (QED) is 0.278. The minimum atomic E-state index is -0.359. The van der Waals surface area contributed by atoms with E-state index in [4.69, 9.17) is 15.7 Å². The lowest BCUT2D eigenvalue weighted by molar-refractivity contribution is 0.139. The van der Waals surface area contributed by atoms with Gasteiger partial charge in [-0.2, -0.15) is 0 Å². The van der Waals surface area contributed by atoms with Crippen molar-refractivity contribution >= 4 is 11.9 Å². The summed E-state index contributed by atoms with van der Waals surface area (Å²) in [6, 6.07) is 0.151. The van der Waals surface area contributed by atoms with Crippen molar-refractivity contribution in [3.63, 3.8) is 0 Å². The van der Waals surface area contributed by atoms with Crippen LogP contribution in [0.4, 0.5) is 4.79 Å². The number of amides is 1. The van der Waals surface area contributed by atoms with E-state index in [1.165, 1.54) is 0 Å². The zero-order chi connectivity index (χ0) is 12.7. The zero-order valence-corrected chi connectivity index (χ0v) is 10.1. The van der Waals surface area contributed by atoms with E-state index in [9.17, 15) is 4.79 Å². The third-order valence-electron chi connectivity index (χ3n) is 2.70. The van der Waals surface area contributed by atoms with Gasteiger partial charge in [-0.15, -0.1) is 0 Å². The van der Waals surface area contributed by atoms with Crippen molar-refractivity contribution in [1.29, 1.82) is 0 Å². The smallest absolute Gasteiger partial charge is 0.407 e. The van der Waals surface area contributed by atoms with Crippen molar-refractivity contribution < 1.29 is 14.7 Å². The fourth-order valence-electron chi connectivity index (χ4n) is 1.84. The van der Waals surface area contributed by atoms with Gasteiger partial charge in [0.05, 0.1) is 13.2 Å². The van der Waals surface area contributed by atoms with Gasteiger partial charge < -0.3 is 21.0 Å². The summed E-state index contributed by atoms with van der Waals surface area (Å²) in [4.78, 5) is 13.3. The Morgan fingerprint density at radius 1 is 1.59 bits per heavy atom. The molecule has 0 unspecified atom stereocenters. The molecule has 7 heteroatoms. The molecule has 17 heavy (non-hydrogen) atoms. The van der Waals surface area contributed by atoms with Crippen LogP contribution in [0.5, 0.6) is 0 Å². The molecule has 1 fully saturated rings. The van der Waals surface area contributed by atoms with Crippen molar-refractivity contribution in [1.82, 2.24) is 10.2 Å². The number of nitrogens with two attached hydrogens (primary N) is 1. The predicted octanol–water partition coefficient (Wildman–Crippen LogP) is -0.0567. The number of piperidine rings is 1. The van der Waals surface area contributed by atoms with Crippen LogP contribution in [0.15, 0.2) is 5.16 Å². The standard InChI is InChI=1S/C10H20N4O3/c1-2-17-10(15)12-8-3-5-14(6-4-8)7-9(11)13-16/h8,16H,2-7H2,1H3,(H2,11,13)(H,12,15). The molecule has 4 N–H and O–H groups in total. The Balaban J connectivity index is 2.24. The molecule has 1 saturated heterocycles. The highest BCUT2D eigenvalue weighted by Gasteiger charge is 2.21. The average Bonchev–Trinajstić information content (AvgIpc) is 2.32. The molecule has 1 rings (SSSR count). The van der Waals surface area contributed by atoms with Gasteiger partial charge in [0.15, 0.2) is 5.84 Å². The maximum absolute atomic E-state index is 11.2. The molecule has 0 saturated carbocycles. The summed E-state index contributed by atoms with van der Waals surface area (Å²) in [5.74, 6) is 0.210. The van der Waals surface area contributed by atoms with Crippen LogP contribution in [0, 0.1) is 0 Å². The molecule has 0 aromatic carbocycles. The minimum absolute atomic E-state index is 0.151. The van der Waals surface area contributed by atoms with E-state index in [1.807, 2.05) is 0 Å². The average molecular weight is 244 g/mol. The zero-order valence-electron chi connectivity index (χ0n) is 10.1. The monoisotopic (exact) mass is 244 g/mol. The summed E-state index contributed by atoms with van der Waals surface area (Å²) in [5, 5.41) is 14.2. The van der Waals surface area contributed by atoms with Crippen molar-refractivity contribution in [3.8, 4) is 0 Å². The summed E-state index contributed by atoms with van der Waals surface area (Å²) >= 11 is 0. The lowest BCUT2D eigenvalue weighted by Gasteiger charge is -2.31. The first-order valence-electron chi connectivity index (χ1n) is 5.77. The Bertz CT molecular complexity index is 275. The van der Waals surface area contributed by atoms with Gasteiger partial charge in [-0.3, -0.25) is 4.90 Å². The molecular formula is C10H20N4O3. The molecule has 0 aromatic heterocycles. The lowest BCUT2D eigenvalue weighted by atomic mass is 10.1. The van der Waals surface area contributed by atoms with Gasteiger partial charge >= 0.3 is 6.09 Å². The molecular weight excluding hydrogens is 224 g/mol. The van der Waals surface area contributed by atoms with E-state index in [0.29, 0.717) is 13.2 Å². The van der Waals surface area contributed by atoms with E-state index >= 15 is 0 Å². The van der Waals surface area contributed by atoms with E-state index < -0.39 is 0 Å². The molecule has 1 heterocycles. The first kappa shape index (κ1) is 13.6. The molecule has 0 bridgehead atoms. The van der Waals surface area contributed by atoms with Crippen LogP contribution in [0.25, 0.3) is 0 Å². The Morgan fingerprint density at radius 3 is 2.76 bits per heavy atom. The van der Waals surface area contributed by atoms with Crippen molar-refractivity contribution in [2.24, 2.45) is 10.9 Å². The first-order valence-corrected chi connectivity index (χ1v) is 5.77. The van der Waals surface area contributed by atoms with Gasteiger partial charge in [-0.05, 0) is 19.8 Å². The summed E-state index contributed by atoms with van der Waals surface area (Å²) in [6.45, 7) is 4.25. The molecule has 7 nitrogen and oxygen atoms in total. The normalized spacial score (nSPS) is 19.0. The van der Waals surface area contributed by atoms with Crippen LogP contribution < -0.4 is 11.1 Å². The molecule has 98 valence electrons. The molecule has 0 aliphatic carbocycles. The molecule has 1 amide bonds. The number of ether oxygens (including phenoxy) is 1. The van der Waals surface area contributed by atoms with Gasteiger partial charge in [0.1, 0.15) is 0 Å². The maximum atomic E-state index is 11.2. The van der Waals surface area contributed by atoms with Gasteiger partial charge in [-0.1, -0.05) is 5.16 Å². The third-order valence-corrected chi connectivity index (χ3v) is 2.70. The van der Waals surface area contributed by atoms with Crippen LogP contribution in [0.1, 0.15) is 19.8 Å². The number of rotatable bonds is 4. The fraction of sp³-hybridized carbons (Fsp3) is 0.800. The number of hydrogen-bond acceptors (Lipinski definition) is 5. The summed E-state index contributed by atoms with van der Waals surface area (Å²) in [7, 11) is 0. The number of carbonyl (C=O) groups is 1. The number of nitrogens with zero attached hydrogens (tertiary/aromatic N) is 2. The Hall–Kier alpha value is -1.50. The molecule has 0 aromatic rings. The number of oxime groups is 1. The minimum Gasteiger partial charge on any atom is -0.450 e. The van der Waals surface area contributed by atoms with Crippen LogP contribution in [-0.2, 0) is 4.74 Å². The van der Waals surface area contributed by atoms with Crippen molar-refractivity contribution in [2.75, 3.05) is 26.2 Å². The Kier molecular flexibility index (Phi) is 5.55. The topological polar surface area (TPSA) is 100 Å². The second-order valence-corrected chi connectivity index (χ2v) is 4.01. The lowest BCUT2D eigenvalue weighted by Crippen LogP contribution is -2.46. The highest BCUT2D eigenvalue weighted by Crippen LogP contribution is 2.09. The largest absolute Gasteiger partial charge is 0.450 e.